The lowest BCUT2D eigenvalue weighted by Gasteiger charge is -2.30. The van der Waals surface area contributed by atoms with Gasteiger partial charge in [0.05, 0.1) is 18.8 Å². The van der Waals surface area contributed by atoms with Crippen LogP contribution in [0.5, 0.6) is 0 Å². The molecule has 2 aromatic carbocycles. The standard InChI is InChI=1S/C22H22N2O4/c1-15-19(17-9-5-6-10-18(17)23-15)22(26)28-20(16-7-3-2-4-8-16)21(25)24-11-13-27-14-12-24/h2-10,20,23H,11-14H2,1H3. The van der Waals surface area contributed by atoms with Gasteiger partial charge in [0, 0.05) is 35.2 Å². The number of carbonyl (C=O) groups is 2. The number of nitrogens with zero attached hydrogens (tertiary/aromatic N) is 1. The van der Waals surface area contributed by atoms with Gasteiger partial charge in [0.2, 0.25) is 6.10 Å². The monoisotopic (exact) mass is 378 g/mol. The van der Waals surface area contributed by atoms with Crippen LogP contribution in [-0.4, -0.2) is 48.1 Å². The minimum absolute atomic E-state index is 0.222. The van der Waals surface area contributed by atoms with Crippen molar-refractivity contribution in [1.82, 2.24) is 9.88 Å². The van der Waals surface area contributed by atoms with Gasteiger partial charge in [0.25, 0.3) is 5.91 Å². The van der Waals surface area contributed by atoms with E-state index in [1.54, 1.807) is 17.0 Å². The lowest BCUT2D eigenvalue weighted by Crippen LogP contribution is -2.44. The van der Waals surface area contributed by atoms with E-state index >= 15 is 0 Å². The molecule has 2 heterocycles. The third kappa shape index (κ3) is 3.51. The molecule has 1 aliphatic heterocycles. The Labute approximate surface area is 163 Å². The average Bonchev–Trinajstić information content (AvgIpc) is 3.08. The van der Waals surface area contributed by atoms with Crippen LogP contribution >= 0.6 is 0 Å². The van der Waals surface area contributed by atoms with Crippen molar-refractivity contribution in [3.05, 3.63) is 71.4 Å². The van der Waals surface area contributed by atoms with Crippen molar-refractivity contribution in [2.24, 2.45) is 0 Å². The van der Waals surface area contributed by atoms with E-state index in [1.807, 2.05) is 49.4 Å². The van der Waals surface area contributed by atoms with Gasteiger partial charge < -0.3 is 19.4 Å². The summed E-state index contributed by atoms with van der Waals surface area (Å²) in [5.41, 5.74) is 2.70. The Balaban J connectivity index is 1.66. The SMILES string of the molecule is Cc1[nH]c2ccccc2c1C(=O)OC(C(=O)N1CCOCC1)c1ccccc1. The molecule has 144 valence electrons. The number of morpholine rings is 1. The van der Waals surface area contributed by atoms with Gasteiger partial charge in [-0.2, -0.15) is 0 Å². The van der Waals surface area contributed by atoms with E-state index in [1.165, 1.54) is 0 Å². The highest BCUT2D eigenvalue weighted by Crippen LogP contribution is 2.27. The topological polar surface area (TPSA) is 71.6 Å². The van der Waals surface area contributed by atoms with Crippen LogP contribution in [0.15, 0.2) is 54.6 Å². The molecule has 0 radical (unpaired) electrons. The molecule has 0 saturated carbocycles. The molecule has 1 fully saturated rings. The number of hydrogen-bond donors (Lipinski definition) is 1. The maximum Gasteiger partial charge on any atom is 0.341 e. The molecule has 28 heavy (non-hydrogen) atoms. The van der Waals surface area contributed by atoms with Crippen LogP contribution in [0.25, 0.3) is 10.9 Å². The summed E-state index contributed by atoms with van der Waals surface area (Å²) in [7, 11) is 0. The van der Waals surface area contributed by atoms with Gasteiger partial charge in [-0.1, -0.05) is 48.5 Å². The van der Waals surface area contributed by atoms with Gasteiger partial charge >= 0.3 is 5.97 Å². The zero-order chi connectivity index (χ0) is 19.5. The third-order valence-electron chi connectivity index (χ3n) is 4.97. The number of benzene rings is 2. The molecule has 1 saturated heterocycles. The zero-order valence-corrected chi connectivity index (χ0v) is 15.7. The van der Waals surface area contributed by atoms with Crippen LogP contribution in [0.1, 0.15) is 27.7 Å². The van der Waals surface area contributed by atoms with Gasteiger partial charge in [-0.25, -0.2) is 4.79 Å². The van der Waals surface area contributed by atoms with Crippen molar-refractivity contribution in [1.29, 1.82) is 0 Å². The second kappa shape index (κ2) is 7.86. The molecule has 0 spiro atoms. The summed E-state index contributed by atoms with van der Waals surface area (Å²) in [4.78, 5) is 31.1. The van der Waals surface area contributed by atoms with Gasteiger partial charge in [-0.3, -0.25) is 4.79 Å². The number of rotatable bonds is 4. The number of amides is 1. The van der Waals surface area contributed by atoms with Crippen LogP contribution in [0, 0.1) is 6.92 Å². The first kappa shape index (κ1) is 18.3. The summed E-state index contributed by atoms with van der Waals surface area (Å²) in [5.74, 6) is -0.731. The minimum Gasteiger partial charge on any atom is -0.444 e. The summed E-state index contributed by atoms with van der Waals surface area (Å²) in [5, 5.41) is 0.788. The second-order valence-corrected chi connectivity index (χ2v) is 6.80. The second-order valence-electron chi connectivity index (χ2n) is 6.80. The summed E-state index contributed by atoms with van der Waals surface area (Å²) in [6.07, 6.45) is -0.986. The third-order valence-corrected chi connectivity index (χ3v) is 4.97. The molecule has 1 aromatic heterocycles. The van der Waals surface area contributed by atoms with Crippen LogP contribution in [-0.2, 0) is 14.3 Å². The van der Waals surface area contributed by atoms with E-state index in [4.69, 9.17) is 9.47 Å². The molecule has 0 aliphatic carbocycles. The summed E-state index contributed by atoms with van der Waals surface area (Å²) < 4.78 is 11.1. The Hall–Kier alpha value is -3.12. The largest absolute Gasteiger partial charge is 0.444 e. The molecule has 3 aromatic rings. The number of fused-ring (bicyclic) bond motifs is 1. The van der Waals surface area contributed by atoms with E-state index in [0.29, 0.717) is 37.4 Å². The van der Waals surface area contributed by atoms with E-state index in [9.17, 15) is 9.59 Å². The fraction of sp³-hybridized carbons (Fsp3) is 0.273. The first-order valence-electron chi connectivity index (χ1n) is 9.35. The number of H-pyrrole nitrogens is 1. The first-order valence-corrected chi connectivity index (χ1v) is 9.35. The van der Waals surface area contributed by atoms with Gasteiger partial charge in [-0.05, 0) is 13.0 Å². The molecule has 1 amide bonds. The number of para-hydroxylation sites is 1. The lowest BCUT2D eigenvalue weighted by molar-refractivity contribution is -0.145. The number of aromatic nitrogens is 1. The maximum atomic E-state index is 13.1. The first-order chi connectivity index (χ1) is 13.6. The van der Waals surface area contributed by atoms with Crippen molar-refractivity contribution >= 4 is 22.8 Å². The lowest BCUT2D eigenvalue weighted by atomic mass is 10.1. The van der Waals surface area contributed by atoms with E-state index < -0.39 is 12.1 Å². The number of esters is 1. The van der Waals surface area contributed by atoms with E-state index in [2.05, 4.69) is 4.98 Å². The Morgan fingerprint density at radius 3 is 2.46 bits per heavy atom. The van der Waals surface area contributed by atoms with Gasteiger partial charge in [0.1, 0.15) is 0 Å². The molecule has 6 nitrogen and oxygen atoms in total. The van der Waals surface area contributed by atoms with Crippen molar-refractivity contribution in [3.63, 3.8) is 0 Å². The number of carbonyl (C=O) groups excluding carboxylic acids is 2. The normalized spacial score (nSPS) is 15.4. The predicted octanol–water partition coefficient (Wildman–Crippen LogP) is 3.23. The summed E-state index contributed by atoms with van der Waals surface area (Å²) in [6, 6.07) is 16.7. The molecule has 0 bridgehead atoms. The number of aryl methyl sites for hydroxylation is 1. The molecule has 4 rings (SSSR count). The predicted molar refractivity (Wildman–Crippen MR) is 105 cm³/mol. The Morgan fingerprint density at radius 2 is 1.71 bits per heavy atom. The molecule has 1 N–H and O–H groups in total. The highest BCUT2D eigenvalue weighted by atomic mass is 16.5. The minimum atomic E-state index is -0.986. The summed E-state index contributed by atoms with van der Waals surface area (Å²) >= 11 is 0. The molecule has 6 heteroatoms. The van der Waals surface area contributed by atoms with Gasteiger partial charge in [-0.15, -0.1) is 0 Å². The molecule has 1 atom stereocenters. The van der Waals surface area contributed by atoms with E-state index in [0.717, 1.165) is 16.6 Å². The Kier molecular flexibility index (Phi) is 5.12. The summed E-state index contributed by atoms with van der Waals surface area (Å²) in [6.45, 7) is 3.79. The maximum absolute atomic E-state index is 13.1. The smallest absolute Gasteiger partial charge is 0.341 e. The highest BCUT2D eigenvalue weighted by Gasteiger charge is 2.32. The van der Waals surface area contributed by atoms with Crippen molar-refractivity contribution in [3.8, 4) is 0 Å². The average molecular weight is 378 g/mol. The van der Waals surface area contributed by atoms with E-state index in [-0.39, 0.29) is 5.91 Å². The quantitative estimate of drug-likeness (QED) is 0.708. The Bertz CT molecular complexity index is 990. The zero-order valence-electron chi connectivity index (χ0n) is 15.7. The molecule has 1 aliphatic rings. The van der Waals surface area contributed by atoms with Crippen molar-refractivity contribution in [2.75, 3.05) is 26.3 Å². The molecular weight excluding hydrogens is 356 g/mol. The molecule has 1 unspecified atom stereocenters. The number of aromatic amines is 1. The van der Waals surface area contributed by atoms with Crippen molar-refractivity contribution in [2.45, 2.75) is 13.0 Å². The van der Waals surface area contributed by atoms with Crippen LogP contribution < -0.4 is 0 Å². The van der Waals surface area contributed by atoms with Crippen LogP contribution in [0.2, 0.25) is 0 Å². The number of hydrogen-bond acceptors (Lipinski definition) is 4. The number of nitrogens with one attached hydrogen (secondary N) is 1. The van der Waals surface area contributed by atoms with Crippen LogP contribution in [0.3, 0.4) is 0 Å². The molecular formula is C22H22N2O4. The van der Waals surface area contributed by atoms with Gasteiger partial charge in [0.15, 0.2) is 0 Å². The van der Waals surface area contributed by atoms with Crippen LogP contribution in [0.4, 0.5) is 0 Å². The van der Waals surface area contributed by atoms with Crippen molar-refractivity contribution < 1.29 is 19.1 Å². The fourth-order valence-corrected chi connectivity index (χ4v) is 3.54. The number of ether oxygens (including phenoxy) is 2. The fourth-order valence-electron chi connectivity index (χ4n) is 3.54. The Morgan fingerprint density at radius 1 is 1.04 bits per heavy atom. The highest BCUT2D eigenvalue weighted by molar-refractivity contribution is 6.06.